The van der Waals surface area contributed by atoms with Gasteiger partial charge in [0.25, 0.3) is 0 Å². The zero-order valence-electron chi connectivity index (χ0n) is 7.52. The molecule has 2 heteroatoms. The quantitative estimate of drug-likeness (QED) is 0.691. The first-order valence-corrected chi connectivity index (χ1v) is 4.03. The fourth-order valence-corrected chi connectivity index (χ4v) is 1.28. The summed E-state index contributed by atoms with van der Waals surface area (Å²) in [4.78, 5) is 0. The van der Waals surface area contributed by atoms with Crippen molar-refractivity contribution >= 4 is 0 Å². The molecule has 0 saturated carbocycles. The van der Waals surface area contributed by atoms with E-state index in [9.17, 15) is 0 Å². The SMILES string of the molecule is CNCCn1c(C)ccc1C. The third-order valence-electron chi connectivity index (χ3n) is 2.00. The molecule has 11 heavy (non-hydrogen) atoms. The molecule has 1 aromatic rings. The highest BCUT2D eigenvalue weighted by Crippen LogP contribution is 2.05. The van der Waals surface area contributed by atoms with Gasteiger partial charge in [-0.3, -0.25) is 0 Å². The lowest BCUT2D eigenvalue weighted by atomic mass is 10.5. The highest BCUT2D eigenvalue weighted by Gasteiger charge is 1.97. The minimum absolute atomic E-state index is 1.04. The van der Waals surface area contributed by atoms with Gasteiger partial charge >= 0.3 is 0 Å². The van der Waals surface area contributed by atoms with E-state index in [1.807, 2.05) is 7.05 Å². The number of hydrogen-bond donors (Lipinski definition) is 1. The minimum Gasteiger partial charge on any atom is -0.348 e. The molecule has 1 rings (SSSR count). The lowest BCUT2D eigenvalue weighted by molar-refractivity contribution is 0.622. The van der Waals surface area contributed by atoms with E-state index in [4.69, 9.17) is 0 Å². The van der Waals surface area contributed by atoms with Gasteiger partial charge in [0, 0.05) is 24.5 Å². The van der Waals surface area contributed by atoms with E-state index in [1.165, 1.54) is 11.4 Å². The average Bonchev–Trinajstić information content (AvgIpc) is 2.29. The highest BCUT2D eigenvalue weighted by molar-refractivity contribution is 5.13. The molecule has 62 valence electrons. The zero-order chi connectivity index (χ0) is 8.27. The Morgan fingerprint density at radius 2 is 1.82 bits per heavy atom. The van der Waals surface area contributed by atoms with Gasteiger partial charge in [0.15, 0.2) is 0 Å². The van der Waals surface area contributed by atoms with Crippen LogP contribution in [-0.2, 0) is 6.54 Å². The Kier molecular flexibility index (Phi) is 2.71. The number of aryl methyl sites for hydroxylation is 2. The Balaban J connectivity index is 2.67. The van der Waals surface area contributed by atoms with Gasteiger partial charge in [0.05, 0.1) is 0 Å². The van der Waals surface area contributed by atoms with Gasteiger partial charge in [0.2, 0.25) is 0 Å². The van der Waals surface area contributed by atoms with Crippen LogP contribution in [0, 0.1) is 13.8 Å². The van der Waals surface area contributed by atoms with Crippen LogP contribution in [0.4, 0.5) is 0 Å². The second-order valence-corrected chi connectivity index (χ2v) is 2.87. The molecule has 1 heterocycles. The molecular formula is C9H16N2. The summed E-state index contributed by atoms with van der Waals surface area (Å²) in [5.74, 6) is 0. The molecule has 0 aliphatic heterocycles. The summed E-state index contributed by atoms with van der Waals surface area (Å²) < 4.78 is 2.32. The van der Waals surface area contributed by atoms with Crippen molar-refractivity contribution in [2.75, 3.05) is 13.6 Å². The normalized spacial score (nSPS) is 10.5. The molecular weight excluding hydrogens is 136 g/mol. The van der Waals surface area contributed by atoms with Gasteiger partial charge in [-0.1, -0.05) is 0 Å². The summed E-state index contributed by atoms with van der Waals surface area (Å²) in [6, 6.07) is 4.32. The number of nitrogens with one attached hydrogen (secondary N) is 1. The smallest absolute Gasteiger partial charge is 0.0349 e. The van der Waals surface area contributed by atoms with Crippen molar-refractivity contribution in [3.8, 4) is 0 Å². The van der Waals surface area contributed by atoms with Crippen LogP contribution < -0.4 is 5.32 Å². The Morgan fingerprint density at radius 1 is 1.27 bits per heavy atom. The van der Waals surface area contributed by atoms with Crippen molar-refractivity contribution in [3.05, 3.63) is 23.5 Å². The maximum absolute atomic E-state index is 3.14. The monoisotopic (exact) mass is 152 g/mol. The molecule has 0 spiro atoms. The molecule has 0 amide bonds. The topological polar surface area (TPSA) is 17.0 Å². The molecule has 0 unspecified atom stereocenters. The molecule has 2 nitrogen and oxygen atoms in total. The third kappa shape index (κ3) is 1.84. The van der Waals surface area contributed by atoms with Gasteiger partial charge in [0.1, 0.15) is 0 Å². The molecule has 0 fully saturated rings. The summed E-state index contributed by atoms with van der Waals surface area (Å²) >= 11 is 0. The Bertz CT molecular complexity index is 206. The Hall–Kier alpha value is -0.760. The van der Waals surface area contributed by atoms with Crippen LogP contribution in [0.15, 0.2) is 12.1 Å². The van der Waals surface area contributed by atoms with Crippen molar-refractivity contribution in [1.29, 1.82) is 0 Å². The largest absolute Gasteiger partial charge is 0.348 e. The van der Waals surface area contributed by atoms with Crippen LogP contribution in [0.5, 0.6) is 0 Å². The first kappa shape index (κ1) is 8.34. The summed E-state index contributed by atoms with van der Waals surface area (Å²) in [6.07, 6.45) is 0. The zero-order valence-corrected chi connectivity index (χ0v) is 7.52. The van der Waals surface area contributed by atoms with Crippen LogP contribution in [0.25, 0.3) is 0 Å². The summed E-state index contributed by atoms with van der Waals surface area (Å²) in [5, 5.41) is 3.14. The molecule has 1 aromatic heterocycles. The minimum atomic E-state index is 1.04. The van der Waals surface area contributed by atoms with E-state index >= 15 is 0 Å². The summed E-state index contributed by atoms with van der Waals surface area (Å²) in [5.41, 5.74) is 2.69. The first-order valence-electron chi connectivity index (χ1n) is 4.03. The van der Waals surface area contributed by atoms with Crippen LogP contribution in [-0.4, -0.2) is 18.2 Å². The first-order chi connectivity index (χ1) is 5.25. The van der Waals surface area contributed by atoms with E-state index in [0.29, 0.717) is 0 Å². The van der Waals surface area contributed by atoms with E-state index in [-0.39, 0.29) is 0 Å². The Morgan fingerprint density at radius 3 is 2.27 bits per heavy atom. The number of nitrogens with zero attached hydrogens (tertiary/aromatic N) is 1. The predicted molar refractivity (Wildman–Crippen MR) is 47.8 cm³/mol. The van der Waals surface area contributed by atoms with Crippen molar-refractivity contribution in [3.63, 3.8) is 0 Å². The average molecular weight is 152 g/mol. The fourth-order valence-electron chi connectivity index (χ4n) is 1.28. The van der Waals surface area contributed by atoms with E-state index < -0.39 is 0 Å². The number of rotatable bonds is 3. The van der Waals surface area contributed by atoms with E-state index in [1.54, 1.807) is 0 Å². The number of hydrogen-bond acceptors (Lipinski definition) is 1. The maximum atomic E-state index is 3.14. The van der Waals surface area contributed by atoms with Crippen LogP contribution in [0.1, 0.15) is 11.4 Å². The van der Waals surface area contributed by atoms with Crippen LogP contribution in [0.2, 0.25) is 0 Å². The second-order valence-electron chi connectivity index (χ2n) is 2.87. The van der Waals surface area contributed by atoms with Gasteiger partial charge < -0.3 is 9.88 Å². The molecule has 0 aliphatic carbocycles. The van der Waals surface area contributed by atoms with Crippen molar-refractivity contribution in [2.24, 2.45) is 0 Å². The molecule has 0 radical (unpaired) electrons. The van der Waals surface area contributed by atoms with Crippen molar-refractivity contribution < 1.29 is 0 Å². The van der Waals surface area contributed by atoms with Gasteiger partial charge in [-0.05, 0) is 33.0 Å². The van der Waals surface area contributed by atoms with Gasteiger partial charge in [-0.15, -0.1) is 0 Å². The fraction of sp³-hybridized carbons (Fsp3) is 0.556. The standard InChI is InChI=1S/C9H16N2/c1-8-4-5-9(2)11(8)7-6-10-3/h4-5,10H,6-7H2,1-3H3. The van der Waals surface area contributed by atoms with Crippen LogP contribution >= 0.6 is 0 Å². The second kappa shape index (κ2) is 3.58. The number of likely N-dealkylation sites (N-methyl/N-ethyl adjacent to an activating group) is 1. The summed E-state index contributed by atoms with van der Waals surface area (Å²) in [6.45, 7) is 6.39. The lowest BCUT2D eigenvalue weighted by Gasteiger charge is -2.07. The van der Waals surface area contributed by atoms with Gasteiger partial charge in [-0.2, -0.15) is 0 Å². The molecule has 0 bridgehead atoms. The molecule has 0 aliphatic rings. The molecule has 0 saturated heterocycles. The lowest BCUT2D eigenvalue weighted by Crippen LogP contribution is -2.16. The van der Waals surface area contributed by atoms with Crippen LogP contribution in [0.3, 0.4) is 0 Å². The summed E-state index contributed by atoms with van der Waals surface area (Å²) in [7, 11) is 1.98. The number of aromatic nitrogens is 1. The van der Waals surface area contributed by atoms with Crippen molar-refractivity contribution in [1.82, 2.24) is 9.88 Å². The molecule has 0 aromatic carbocycles. The predicted octanol–water partition coefficient (Wildman–Crippen LogP) is 1.32. The third-order valence-corrected chi connectivity index (χ3v) is 2.00. The Labute approximate surface area is 68.2 Å². The van der Waals surface area contributed by atoms with Crippen molar-refractivity contribution in [2.45, 2.75) is 20.4 Å². The maximum Gasteiger partial charge on any atom is 0.0349 e. The molecule has 0 atom stereocenters. The molecule has 1 N–H and O–H groups in total. The van der Waals surface area contributed by atoms with E-state index in [2.05, 4.69) is 35.9 Å². The van der Waals surface area contributed by atoms with Gasteiger partial charge in [-0.25, -0.2) is 0 Å². The van der Waals surface area contributed by atoms with E-state index in [0.717, 1.165) is 13.1 Å². The highest BCUT2D eigenvalue weighted by atomic mass is 15.0.